The molecule has 0 spiro atoms. The van der Waals surface area contributed by atoms with Crippen LogP contribution in [0.25, 0.3) is 0 Å². The SMILES string of the molecule is COC(=O)CCOCCOCCOCCOCCOCCOCCOCCOCCOCCOCCCNC(=O)CCC(=O)O. The Kier molecular flexibility index (Phi) is 34.9. The van der Waals surface area contributed by atoms with Crippen molar-refractivity contribution in [1.29, 1.82) is 0 Å². The number of aliphatic carboxylic acids is 1. The van der Waals surface area contributed by atoms with Crippen LogP contribution >= 0.6 is 0 Å². The van der Waals surface area contributed by atoms with Gasteiger partial charge in [0.1, 0.15) is 0 Å². The molecule has 16 nitrogen and oxygen atoms in total. The van der Waals surface area contributed by atoms with Gasteiger partial charge in [-0.05, 0) is 6.42 Å². The first kappa shape index (κ1) is 43.0. The second kappa shape index (κ2) is 36.5. The van der Waals surface area contributed by atoms with E-state index < -0.39 is 5.97 Å². The molecule has 45 heavy (non-hydrogen) atoms. The summed E-state index contributed by atoms with van der Waals surface area (Å²) < 4.78 is 58.6. The zero-order valence-electron chi connectivity index (χ0n) is 26.8. The Morgan fingerprint density at radius 1 is 0.444 bits per heavy atom. The summed E-state index contributed by atoms with van der Waals surface area (Å²) in [4.78, 5) is 32.7. The number of carboxylic acid groups (broad SMARTS) is 1. The van der Waals surface area contributed by atoms with Crippen molar-refractivity contribution < 1.29 is 71.6 Å². The first-order chi connectivity index (χ1) is 22.1. The smallest absolute Gasteiger partial charge is 0.307 e. The second-order valence-corrected chi connectivity index (χ2v) is 9.05. The molecule has 0 aromatic carbocycles. The van der Waals surface area contributed by atoms with E-state index in [4.69, 9.17) is 52.5 Å². The summed E-state index contributed by atoms with van der Waals surface area (Å²) in [6.45, 7) is 9.62. The third kappa shape index (κ3) is 38.1. The molecule has 0 saturated carbocycles. The van der Waals surface area contributed by atoms with Crippen LogP contribution in [0.3, 0.4) is 0 Å². The number of hydrogen-bond donors (Lipinski definition) is 2. The van der Waals surface area contributed by atoms with Crippen LogP contribution in [0.1, 0.15) is 25.7 Å². The highest BCUT2D eigenvalue weighted by Gasteiger charge is 2.04. The van der Waals surface area contributed by atoms with Crippen LogP contribution < -0.4 is 5.32 Å². The molecule has 16 heteroatoms. The zero-order valence-corrected chi connectivity index (χ0v) is 26.8. The van der Waals surface area contributed by atoms with E-state index in [9.17, 15) is 14.4 Å². The quantitative estimate of drug-likeness (QED) is 0.0676. The van der Waals surface area contributed by atoms with Crippen molar-refractivity contribution in [2.45, 2.75) is 25.7 Å². The largest absolute Gasteiger partial charge is 0.481 e. The van der Waals surface area contributed by atoms with Gasteiger partial charge >= 0.3 is 11.9 Å². The maximum absolute atomic E-state index is 11.3. The van der Waals surface area contributed by atoms with Crippen LogP contribution in [-0.2, 0) is 66.5 Å². The lowest BCUT2D eigenvalue weighted by Crippen LogP contribution is -2.25. The van der Waals surface area contributed by atoms with Crippen molar-refractivity contribution >= 4 is 17.8 Å². The molecule has 0 unspecified atom stereocenters. The van der Waals surface area contributed by atoms with Gasteiger partial charge in [-0.25, -0.2) is 0 Å². The fraction of sp³-hybridized carbons (Fsp3) is 0.897. The second-order valence-electron chi connectivity index (χ2n) is 9.05. The fourth-order valence-electron chi connectivity index (χ4n) is 3.05. The van der Waals surface area contributed by atoms with Crippen LogP contribution in [0.5, 0.6) is 0 Å². The van der Waals surface area contributed by atoms with E-state index in [0.717, 1.165) is 0 Å². The number of carbonyl (C=O) groups excluding carboxylic acids is 2. The van der Waals surface area contributed by atoms with Crippen LogP contribution in [0.15, 0.2) is 0 Å². The van der Waals surface area contributed by atoms with E-state index in [1.807, 2.05) is 0 Å². The standard InChI is InChI=1S/C29H55NO15/c1-35-29(34)5-8-37-10-12-39-14-16-41-18-20-43-22-24-45-26-25-44-23-21-42-19-17-40-15-13-38-11-9-36-7-2-6-30-27(31)3-4-28(32)33/h2-26H2,1H3,(H,30,31)(H,32,33). The van der Waals surface area contributed by atoms with Crippen molar-refractivity contribution in [3.8, 4) is 0 Å². The van der Waals surface area contributed by atoms with E-state index in [2.05, 4.69) is 10.1 Å². The number of nitrogens with one attached hydrogen (secondary N) is 1. The first-order valence-electron chi connectivity index (χ1n) is 15.4. The molecule has 2 N–H and O–H groups in total. The molecule has 0 aromatic rings. The highest BCUT2D eigenvalue weighted by molar-refractivity contribution is 5.80. The van der Waals surface area contributed by atoms with Crippen LogP contribution in [-0.4, -0.2) is 169 Å². The van der Waals surface area contributed by atoms with Gasteiger partial charge in [0.25, 0.3) is 0 Å². The molecule has 266 valence electrons. The van der Waals surface area contributed by atoms with E-state index in [0.29, 0.717) is 145 Å². The molecular weight excluding hydrogens is 602 g/mol. The Hall–Kier alpha value is -1.99. The van der Waals surface area contributed by atoms with Gasteiger partial charge in [-0.2, -0.15) is 0 Å². The molecule has 0 rings (SSSR count). The molecule has 0 heterocycles. The Bertz CT molecular complexity index is 672. The maximum atomic E-state index is 11.3. The van der Waals surface area contributed by atoms with Gasteiger partial charge in [0.15, 0.2) is 0 Å². The molecule has 0 radical (unpaired) electrons. The molecule has 0 fully saturated rings. The van der Waals surface area contributed by atoms with Gasteiger partial charge < -0.3 is 62.5 Å². The Balaban J connectivity index is 3.09. The number of carboxylic acids is 1. The summed E-state index contributed by atoms with van der Waals surface area (Å²) in [5.41, 5.74) is 0. The average molecular weight is 658 g/mol. The van der Waals surface area contributed by atoms with Crippen molar-refractivity contribution in [3.05, 3.63) is 0 Å². The van der Waals surface area contributed by atoms with Crippen molar-refractivity contribution in [3.63, 3.8) is 0 Å². The first-order valence-corrected chi connectivity index (χ1v) is 15.4. The lowest BCUT2D eigenvalue weighted by atomic mass is 10.3. The van der Waals surface area contributed by atoms with Gasteiger partial charge in [-0.1, -0.05) is 0 Å². The molecule has 0 saturated heterocycles. The average Bonchev–Trinajstić information content (AvgIpc) is 3.03. The zero-order chi connectivity index (χ0) is 32.9. The van der Waals surface area contributed by atoms with Gasteiger partial charge in [0, 0.05) is 19.6 Å². The Morgan fingerprint density at radius 3 is 1.07 bits per heavy atom. The van der Waals surface area contributed by atoms with Crippen LogP contribution in [0.2, 0.25) is 0 Å². The Labute approximate surface area is 266 Å². The van der Waals surface area contributed by atoms with Gasteiger partial charge in [0.05, 0.1) is 145 Å². The predicted molar refractivity (Wildman–Crippen MR) is 159 cm³/mol. The molecular formula is C29H55NO15. The molecule has 0 aliphatic carbocycles. The summed E-state index contributed by atoms with van der Waals surface area (Å²) in [7, 11) is 1.35. The number of hydrogen-bond acceptors (Lipinski definition) is 14. The molecule has 0 aromatic heterocycles. The number of methoxy groups -OCH3 is 1. The highest BCUT2D eigenvalue weighted by Crippen LogP contribution is 1.91. The summed E-state index contributed by atoms with van der Waals surface area (Å²) >= 11 is 0. The predicted octanol–water partition coefficient (Wildman–Crippen LogP) is 0.0866. The molecule has 0 aliphatic heterocycles. The number of ether oxygens (including phenoxy) is 11. The minimum absolute atomic E-state index is 0.0127. The van der Waals surface area contributed by atoms with E-state index in [1.165, 1.54) is 7.11 Å². The molecule has 1 amide bonds. The normalized spacial score (nSPS) is 11.1. The van der Waals surface area contributed by atoms with E-state index >= 15 is 0 Å². The highest BCUT2D eigenvalue weighted by atomic mass is 16.6. The monoisotopic (exact) mass is 657 g/mol. The number of carbonyl (C=O) groups is 3. The molecule has 0 atom stereocenters. The van der Waals surface area contributed by atoms with Crippen molar-refractivity contribution in [2.75, 3.05) is 146 Å². The van der Waals surface area contributed by atoms with Gasteiger partial charge in [0.2, 0.25) is 5.91 Å². The fourth-order valence-corrected chi connectivity index (χ4v) is 3.05. The number of rotatable bonds is 37. The van der Waals surface area contributed by atoms with Gasteiger partial charge in [-0.15, -0.1) is 0 Å². The topological polar surface area (TPSA) is 185 Å². The lowest BCUT2D eigenvalue weighted by Gasteiger charge is -2.09. The third-order valence-electron chi connectivity index (χ3n) is 5.38. The van der Waals surface area contributed by atoms with E-state index in [-0.39, 0.29) is 31.1 Å². The number of esters is 1. The summed E-state index contributed by atoms with van der Waals surface area (Å²) in [6.07, 6.45) is 0.707. The Morgan fingerprint density at radius 2 is 0.756 bits per heavy atom. The maximum Gasteiger partial charge on any atom is 0.307 e. The lowest BCUT2D eigenvalue weighted by molar-refractivity contribution is -0.142. The third-order valence-corrected chi connectivity index (χ3v) is 5.38. The van der Waals surface area contributed by atoms with Crippen LogP contribution in [0.4, 0.5) is 0 Å². The van der Waals surface area contributed by atoms with Gasteiger partial charge in [-0.3, -0.25) is 14.4 Å². The van der Waals surface area contributed by atoms with E-state index in [1.54, 1.807) is 0 Å². The summed E-state index contributed by atoms with van der Waals surface area (Å²) in [6, 6.07) is 0. The van der Waals surface area contributed by atoms with Crippen molar-refractivity contribution in [2.24, 2.45) is 0 Å². The molecule has 0 aliphatic rings. The minimum Gasteiger partial charge on any atom is -0.481 e. The van der Waals surface area contributed by atoms with Crippen LogP contribution in [0, 0.1) is 0 Å². The summed E-state index contributed by atoms with van der Waals surface area (Å²) in [5.74, 6) is -1.55. The minimum atomic E-state index is -0.985. The number of amides is 1. The van der Waals surface area contributed by atoms with Crippen molar-refractivity contribution in [1.82, 2.24) is 5.32 Å². The summed E-state index contributed by atoms with van der Waals surface area (Å²) in [5, 5.41) is 11.2. The molecule has 0 bridgehead atoms.